The topological polar surface area (TPSA) is 71.9 Å². The molecule has 2 atom stereocenters. The molecule has 0 aliphatic carbocycles. The van der Waals surface area contributed by atoms with E-state index in [9.17, 15) is 14.4 Å². The van der Waals surface area contributed by atoms with E-state index in [0.717, 1.165) is 11.0 Å². The lowest BCUT2D eigenvalue weighted by Gasteiger charge is -2.20. The Morgan fingerprint density at radius 2 is 2.00 bits per heavy atom. The fourth-order valence-corrected chi connectivity index (χ4v) is 1.70. The number of Topliss-reactive ketones (excluding diaryl/α,β-unsaturated/α-hetero) is 1. The van der Waals surface area contributed by atoms with E-state index < -0.39 is 11.2 Å². The molecule has 0 aliphatic rings. The van der Waals surface area contributed by atoms with Gasteiger partial charge in [0.1, 0.15) is 0 Å². The number of nitrogens with zero attached hydrogens (tertiary/aromatic N) is 1. The third-order valence-corrected chi connectivity index (χ3v) is 3.26. The quantitative estimate of drug-likeness (QED) is 0.805. The van der Waals surface area contributed by atoms with Crippen molar-refractivity contribution in [3.8, 4) is 0 Å². The first-order valence-corrected chi connectivity index (χ1v) is 5.75. The Labute approximate surface area is 99.5 Å². The SMILES string of the molecule is CCC(C)C(C)n1c(=O)[nH]cc(C(C)=O)c1=O. The van der Waals surface area contributed by atoms with Crippen LogP contribution in [0.2, 0.25) is 0 Å². The summed E-state index contributed by atoms with van der Waals surface area (Å²) in [6, 6.07) is -0.226. The van der Waals surface area contributed by atoms with E-state index in [2.05, 4.69) is 4.98 Å². The van der Waals surface area contributed by atoms with Crippen molar-refractivity contribution in [2.24, 2.45) is 5.92 Å². The van der Waals surface area contributed by atoms with Gasteiger partial charge >= 0.3 is 5.69 Å². The van der Waals surface area contributed by atoms with Gasteiger partial charge in [-0.1, -0.05) is 20.3 Å². The molecular formula is C12H18N2O3. The Hall–Kier alpha value is -1.65. The smallest absolute Gasteiger partial charge is 0.313 e. The van der Waals surface area contributed by atoms with Crippen molar-refractivity contribution in [1.29, 1.82) is 0 Å². The number of carbonyl (C=O) groups excluding carboxylic acids is 1. The Morgan fingerprint density at radius 1 is 1.41 bits per heavy atom. The summed E-state index contributed by atoms with van der Waals surface area (Å²) < 4.78 is 1.13. The average molecular weight is 238 g/mol. The normalized spacial score (nSPS) is 14.4. The van der Waals surface area contributed by atoms with Crippen LogP contribution in [0.5, 0.6) is 0 Å². The number of nitrogens with one attached hydrogen (secondary N) is 1. The highest BCUT2D eigenvalue weighted by atomic mass is 16.2. The Balaban J connectivity index is 3.43. The number of carbonyl (C=O) groups is 1. The molecule has 2 unspecified atom stereocenters. The highest BCUT2D eigenvalue weighted by molar-refractivity contribution is 5.93. The van der Waals surface area contributed by atoms with Gasteiger partial charge in [-0.25, -0.2) is 4.79 Å². The summed E-state index contributed by atoms with van der Waals surface area (Å²) in [6.45, 7) is 7.09. The van der Waals surface area contributed by atoms with Crippen molar-refractivity contribution in [2.45, 2.75) is 40.2 Å². The standard InChI is InChI=1S/C12H18N2O3/c1-5-7(2)8(3)14-11(16)10(9(4)15)6-13-12(14)17/h6-8H,5H2,1-4H3,(H,13,17). The number of hydrogen-bond acceptors (Lipinski definition) is 3. The van der Waals surface area contributed by atoms with E-state index in [1.165, 1.54) is 13.1 Å². The van der Waals surface area contributed by atoms with Crippen molar-refractivity contribution < 1.29 is 4.79 Å². The molecule has 0 fully saturated rings. The van der Waals surface area contributed by atoms with E-state index >= 15 is 0 Å². The predicted molar refractivity (Wildman–Crippen MR) is 65.5 cm³/mol. The molecule has 0 radical (unpaired) electrons. The van der Waals surface area contributed by atoms with Gasteiger partial charge in [-0.2, -0.15) is 0 Å². The molecule has 0 aromatic carbocycles. The average Bonchev–Trinajstić information content (AvgIpc) is 2.27. The van der Waals surface area contributed by atoms with Crippen molar-refractivity contribution >= 4 is 5.78 Å². The molecule has 1 aromatic rings. The third kappa shape index (κ3) is 2.54. The molecule has 0 saturated carbocycles. The highest BCUT2D eigenvalue weighted by Gasteiger charge is 2.19. The van der Waals surface area contributed by atoms with E-state index in [-0.39, 0.29) is 23.3 Å². The molecule has 0 saturated heterocycles. The first-order chi connectivity index (χ1) is 7.90. The van der Waals surface area contributed by atoms with Crippen LogP contribution in [0.15, 0.2) is 15.8 Å². The number of hydrogen-bond donors (Lipinski definition) is 1. The first kappa shape index (κ1) is 13.4. The fourth-order valence-electron chi connectivity index (χ4n) is 1.70. The van der Waals surface area contributed by atoms with E-state index in [4.69, 9.17) is 0 Å². The Kier molecular flexibility index (Phi) is 4.04. The zero-order valence-electron chi connectivity index (χ0n) is 10.6. The maximum Gasteiger partial charge on any atom is 0.328 e. The highest BCUT2D eigenvalue weighted by Crippen LogP contribution is 2.16. The molecule has 0 spiro atoms. The van der Waals surface area contributed by atoms with Gasteiger partial charge in [0.2, 0.25) is 0 Å². The molecule has 5 heteroatoms. The summed E-state index contributed by atoms with van der Waals surface area (Å²) in [5.41, 5.74) is -0.943. The van der Waals surface area contributed by atoms with Crippen molar-refractivity contribution in [1.82, 2.24) is 9.55 Å². The number of aromatic amines is 1. The number of ketones is 1. The maximum atomic E-state index is 12.0. The van der Waals surface area contributed by atoms with Crippen LogP contribution in [0.4, 0.5) is 0 Å². The number of rotatable bonds is 4. The molecular weight excluding hydrogens is 220 g/mol. The van der Waals surface area contributed by atoms with Crippen LogP contribution in [-0.2, 0) is 0 Å². The van der Waals surface area contributed by atoms with Crippen molar-refractivity contribution in [2.75, 3.05) is 0 Å². The van der Waals surface area contributed by atoms with Gasteiger partial charge < -0.3 is 4.98 Å². The maximum absolute atomic E-state index is 12.0. The molecule has 1 rings (SSSR count). The lowest BCUT2D eigenvalue weighted by atomic mass is 10.0. The lowest BCUT2D eigenvalue weighted by molar-refractivity contribution is 0.101. The minimum Gasteiger partial charge on any atom is -0.313 e. The predicted octanol–water partition coefficient (Wildman–Crippen LogP) is 1.35. The molecule has 5 nitrogen and oxygen atoms in total. The van der Waals surface area contributed by atoms with Gasteiger partial charge in [0.25, 0.3) is 5.56 Å². The Bertz CT molecular complexity index is 527. The van der Waals surface area contributed by atoms with Gasteiger partial charge in [0, 0.05) is 12.2 Å². The van der Waals surface area contributed by atoms with Crippen LogP contribution in [0, 0.1) is 5.92 Å². The van der Waals surface area contributed by atoms with Gasteiger partial charge in [-0.15, -0.1) is 0 Å². The third-order valence-electron chi connectivity index (χ3n) is 3.26. The van der Waals surface area contributed by atoms with Crippen LogP contribution < -0.4 is 11.2 Å². The van der Waals surface area contributed by atoms with Crippen molar-refractivity contribution in [3.63, 3.8) is 0 Å². The second-order valence-corrected chi connectivity index (χ2v) is 4.36. The fraction of sp³-hybridized carbons (Fsp3) is 0.583. The Morgan fingerprint density at radius 3 is 2.47 bits per heavy atom. The number of H-pyrrole nitrogens is 1. The van der Waals surface area contributed by atoms with Gasteiger partial charge in [0.05, 0.1) is 5.56 Å². The largest absolute Gasteiger partial charge is 0.328 e. The zero-order chi connectivity index (χ0) is 13.2. The summed E-state index contributed by atoms with van der Waals surface area (Å²) in [5.74, 6) is -0.146. The van der Waals surface area contributed by atoms with E-state index in [1.54, 1.807) is 0 Å². The molecule has 0 bridgehead atoms. The molecule has 94 valence electrons. The summed E-state index contributed by atoms with van der Waals surface area (Å²) in [6.07, 6.45) is 2.05. The minimum absolute atomic E-state index is 0.0275. The van der Waals surface area contributed by atoms with Gasteiger partial charge in [0.15, 0.2) is 5.78 Å². The van der Waals surface area contributed by atoms with Gasteiger partial charge in [-0.05, 0) is 19.8 Å². The van der Waals surface area contributed by atoms with Crippen molar-refractivity contribution in [3.05, 3.63) is 32.6 Å². The van der Waals surface area contributed by atoms with Crippen LogP contribution in [0.25, 0.3) is 0 Å². The molecule has 0 aliphatic heterocycles. The van der Waals surface area contributed by atoms with Crippen LogP contribution >= 0.6 is 0 Å². The van der Waals surface area contributed by atoms with Crippen LogP contribution in [0.1, 0.15) is 50.5 Å². The zero-order valence-corrected chi connectivity index (χ0v) is 10.6. The summed E-state index contributed by atoms with van der Waals surface area (Å²) in [4.78, 5) is 37.4. The minimum atomic E-state index is -0.506. The molecule has 1 heterocycles. The molecule has 1 N–H and O–H groups in total. The van der Waals surface area contributed by atoms with Crippen LogP contribution in [-0.4, -0.2) is 15.3 Å². The summed E-state index contributed by atoms with van der Waals surface area (Å²) in [7, 11) is 0. The van der Waals surface area contributed by atoms with Gasteiger partial charge in [-0.3, -0.25) is 14.2 Å². The monoisotopic (exact) mass is 238 g/mol. The second-order valence-electron chi connectivity index (χ2n) is 4.36. The molecule has 0 amide bonds. The van der Waals surface area contributed by atoms with E-state index in [1.807, 2.05) is 20.8 Å². The second kappa shape index (κ2) is 5.12. The van der Waals surface area contributed by atoms with E-state index in [0.29, 0.717) is 0 Å². The first-order valence-electron chi connectivity index (χ1n) is 5.75. The lowest BCUT2D eigenvalue weighted by Crippen LogP contribution is -2.41. The number of aromatic nitrogens is 2. The summed E-state index contributed by atoms with van der Waals surface area (Å²) >= 11 is 0. The summed E-state index contributed by atoms with van der Waals surface area (Å²) in [5, 5.41) is 0. The molecule has 17 heavy (non-hydrogen) atoms. The molecule has 1 aromatic heterocycles. The van der Waals surface area contributed by atoms with Crippen LogP contribution in [0.3, 0.4) is 0 Å².